The zero-order valence-electron chi connectivity index (χ0n) is 12.5. The molecule has 0 saturated heterocycles. The van der Waals surface area contributed by atoms with Crippen LogP contribution in [0.25, 0.3) is 5.65 Å². The first-order valence-corrected chi connectivity index (χ1v) is 8.48. The molecule has 0 aromatic carbocycles. The molecule has 0 saturated carbocycles. The Morgan fingerprint density at radius 2 is 2.25 bits per heavy atom. The first-order chi connectivity index (χ1) is 9.67. The van der Waals surface area contributed by atoms with Crippen molar-refractivity contribution in [2.24, 2.45) is 5.73 Å². The van der Waals surface area contributed by atoms with E-state index in [0.29, 0.717) is 0 Å². The van der Waals surface area contributed by atoms with Crippen LogP contribution in [-0.2, 0) is 6.42 Å². The molecular formula is C15H24N4S. The molecule has 2 aromatic heterocycles. The number of hydrogen-bond acceptors (Lipinski definition) is 4. The second kappa shape index (κ2) is 6.99. The third kappa shape index (κ3) is 3.27. The average molecular weight is 292 g/mol. The minimum absolute atomic E-state index is 0.183. The maximum atomic E-state index is 6.16. The van der Waals surface area contributed by atoms with Crippen molar-refractivity contribution in [3.8, 4) is 0 Å². The molecule has 0 fully saturated rings. The Morgan fingerprint density at radius 3 is 2.95 bits per heavy atom. The van der Waals surface area contributed by atoms with Gasteiger partial charge in [0, 0.05) is 38.0 Å². The van der Waals surface area contributed by atoms with Crippen LogP contribution in [0.15, 0.2) is 24.4 Å². The second-order valence-corrected chi connectivity index (χ2v) is 6.08. The van der Waals surface area contributed by atoms with E-state index >= 15 is 0 Å². The van der Waals surface area contributed by atoms with Crippen molar-refractivity contribution in [2.75, 3.05) is 30.5 Å². The number of imidazole rings is 1. The van der Waals surface area contributed by atoms with Gasteiger partial charge in [0.05, 0.1) is 5.69 Å². The quantitative estimate of drug-likeness (QED) is 0.851. The number of pyridine rings is 1. The van der Waals surface area contributed by atoms with E-state index < -0.39 is 0 Å². The lowest BCUT2D eigenvalue weighted by Gasteiger charge is -2.19. The molecule has 20 heavy (non-hydrogen) atoms. The number of nitrogens with two attached hydrogens (primary N) is 1. The molecule has 0 amide bonds. The molecule has 2 N–H and O–H groups in total. The summed E-state index contributed by atoms with van der Waals surface area (Å²) in [5.41, 5.74) is 8.38. The fourth-order valence-electron chi connectivity index (χ4n) is 2.26. The number of rotatable bonds is 7. The van der Waals surface area contributed by atoms with Crippen molar-refractivity contribution in [2.45, 2.75) is 25.8 Å². The summed E-state index contributed by atoms with van der Waals surface area (Å²) in [6, 6.07) is 6.30. The van der Waals surface area contributed by atoms with Crippen LogP contribution in [0.2, 0.25) is 0 Å². The van der Waals surface area contributed by atoms with Crippen LogP contribution in [0.4, 0.5) is 5.82 Å². The molecule has 0 aliphatic carbocycles. The van der Waals surface area contributed by atoms with Gasteiger partial charge >= 0.3 is 0 Å². The number of hydrogen-bond donors (Lipinski definition) is 1. The predicted molar refractivity (Wildman–Crippen MR) is 88.8 cm³/mol. The largest absolute Gasteiger partial charge is 0.357 e. The van der Waals surface area contributed by atoms with Gasteiger partial charge in [0.1, 0.15) is 5.65 Å². The van der Waals surface area contributed by atoms with Crippen molar-refractivity contribution >= 4 is 23.2 Å². The van der Waals surface area contributed by atoms with E-state index in [-0.39, 0.29) is 6.04 Å². The fraction of sp³-hybridized carbons (Fsp3) is 0.533. The lowest BCUT2D eigenvalue weighted by molar-refractivity contribution is 0.633. The van der Waals surface area contributed by atoms with Gasteiger partial charge in [0.15, 0.2) is 5.82 Å². The monoisotopic (exact) mass is 292 g/mol. The summed E-state index contributed by atoms with van der Waals surface area (Å²) < 4.78 is 2.17. The summed E-state index contributed by atoms with van der Waals surface area (Å²) in [5, 5.41) is 0. The first-order valence-electron chi connectivity index (χ1n) is 7.09. The Morgan fingerprint density at radius 1 is 1.45 bits per heavy atom. The van der Waals surface area contributed by atoms with E-state index in [1.807, 2.05) is 30.0 Å². The van der Waals surface area contributed by atoms with Gasteiger partial charge in [-0.05, 0) is 24.8 Å². The third-order valence-corrected chi connectivity index (χ3v) is 4.17. The standard InChI is InChI=1S/C15H24N4S/c1-4-12(16)11-13-15(18(2)9-10-20-3)17-14-7-5-6-8-19(13)14/h5-8,12H,4,9-11,16H2,1-3H3. The maximum absolute atomic E-state index is 6.16. The Hall–Kier alpha value is -1.20. The normalized spacial score (nSPS) is 12.8. The van der Waals surface area contributed by atoms with E-state index in [1.54, 1.807) is 0 Å². The topological polar surface area (TPSA) is 46.6 Å². The molecular weight excluding hydrogens is 268 g/mol. The Labute approximate surface area is 125 Å². The van der Waals surface area contributed by atoms with Crippen molar-refractivity contribution in [3.63, 3.8) is 0 Å². The molecule has 0 bridgehead atoms. The predicted octanol–water partition coefficient (Wildman–Crippen LogP) is 2.41. The van der Waals surface area contributed by atoms with Crippen LogP contribution in [0.1, 0.15) is 19.0 Å². The van der Waals surface area contributed by atoms with Crippen LogP contribution in [0.5, 0.6) is 0 Å². The summed E-state index contributed by atoms with van der Waals surface area (Å²) in [7, 11) is 2.11. The molecule has 5 heteroatoms. The van der Waals surface area contributed by atoms with E-state index in [1.165, 1.54) is 5.69 Å². The number of aromatic nitrogens is 2. The molecule has 0 aliphatic heterocycles. The molecule has 1 atom stereocenters. The minimum atomic E-state index is 0.183. The maximum Gasteiger partial charge on any atom is 0.150 e. The van der Waals surface area contributed by atoms with Gasteiger partial charge in [0.25, 0.3) is 0 Å². The molecule has 2 rings (SSSR count). The zero-order chi connectivity index (χ0) is 14.5. The van der Waals surface area contributed by atoms with Crippen LogP contribution < -0.4 is 10.6 Å². The van der Waals surface area contributed by atoms with Gasteiger partial charge in [-0.25, -0.2) is 4.98 Å². The molecule has 1 unspecified atom stereocenters. The van der Waals surface area contributed by atoms with E-state index in [9.17, 15) is 0 Å². The van der Waals surface area contributed by atoms with Crippen LogP contribution in [-0.4, -0.2) is 41.0 Å². The lowest BCUT2D eigenvalue weighted by atomic mass is 10.1. The molecule has 0 spiro atoms. The highest BCUT2D eigenvalue weighted by molar-refractivity contribution is 7.98. The Bertz CT molecular complexity index is 552. The number of anilines is 1. The minimum Gasteiger partial charge on any atom is -0.357 e. The van der Waals surface area contributed by atoms with Crippen molar-refractivity contribution < 1.29 is 0 Å². The van der Waals surface area contributed by atoms with Crippen LogP contribution in [0.3, 0.4) is 0 Å². The Balaban J connectivity index is 2.38. The number of thioether (sulfide) groups is 1. The van der Waals surface area contributed by atoms with Gasteiger partial charge < -0.3 is 15.0 Å². The van der Waals surface area contributed by atoms with Gasteiger partial charge in [0.2, 0.25) is 0 Å². The van der Waals surface area contributed by atoms with Gasteiger partial charge in [-0.15, -0.1) is 0 Å². The van der Waals surface area contributed by atoms with E-state index in [0.717, 1.165) is 36.6 Å². The van der Waals surface area contributed by atoms with E-state index in [2.05, 4.69) is 35.7 Å². The molecule has 0 aliphatic rings. The highest BCUT2D eigenvalue weighted by Gasteiger charge is 2.17. The lowest BCUT2D eigenvalue weighted by Crippen LogP contribution is -2.26. The van der Waals surface area contributed by atoms with Crippen LogP contribution in [0, 0.1) is 0 Å². The third-order valence-electron chi connectivity index (χ3n) is 3.58. The average Bonchev–Trinajstić information content (AvgIpc) is 2.83. The Kier molecular flexibility index (Phi) is 5.31. The smallest absolute Gasteiger partial charge is 0.150 e. The highest BCUT2D eigenvalue weighted by Crippen LogP contribution is 2.22. The van der Waals surface area contributed by atoms with Crippen molar-refractivity contribution in [1.29, 1.82) is 0 Å². The highest BCUT2D eigenvalue weighted by atomic mass is 32.2. The summed E-state index contributed by atoms with van der Waals surface area (Å²) in [6.45, 7) is 3.13. The van der Waals surface area contributed by atoms with Crippen molar-refractivity contribution in [1.82, 2.24) is 9.38 Å². The number of fused-ring (bicyclic) bond motifs is 1. The van der Waals surface area contributed by atoms with Gasteiger partial charge in [-0.3, -0.25) is 0 Å². The molecule has 0 radical (unpaired) electrons. The summed E-state index contributed by atoms with van der Waals surface area (Å²) in [6.07, 6.45) is 6.05. The molecule has 2 aromatic rings. The second-order valence-electron chi connectivity index (χ2n) is 5.10. The SMILES string of the molecule is CCC(N)Cc1c(N(C)CCSC)nc2ccccn12. The van der Waals surface area contributed by atoms with E-state index in [4.69, 9.17) is 10.7 Å². The molecule has 110 valence electrons. The van der Waals surface area contributed by atoms with Crippen molar-refractivity contribution in [3.05, 3.63) is 30.1 Å². The van der Waals surface area contributed by atoms with Gasteiger partial charge in [-0.2, -0.15) is 11.8 Å². The number of nitrogens with zero attached hydrogens (tertiary/aromatic N) is 3. The van der Waals surface area contributed by atoms with Crippen LogP contribution >= 0.6 is 11.8 Å². The summed E-state index contributed by atoms with van der Waals surface area (Å²) >= 11 is 1.85. The molecule has 4 nitrogen and oxygen atoms in total. The van der Waals surface area contributed by atoms with Gasteiger partial charge in [-0.1, -0.05) is 13.0 Å². The summed E-state index contributed by atoms with van der Waals surface area (Å²) in [5.74, 6) is 2.16. The fourth-order valence-corrected chi connectivity index (χ4v) is 2.71. The molecule has 2 heterocycles. The zero-order valence-corrected chi connectivity index (χ0v) is 13.4. The summed E-state index contributed by atoms with van der Waals surface area (Å²) in [4.78, 5) is 7.01. The first kappa shape index (κ1) is 15.2.